The van der Waals surface area contributed by atoms with Crippen LogP contribution in [0.2, 0.25) is 0 Å². The first-order valence-corrected chi connectivity index (χ1v) is 8.23. The van der Waals surface area contributed by atoms with E-state index in [-0.39, 0.29) is 12.1 Å². The molecule has 0 radical (unpaired) electrons. The maximum atomic E-state index is 5.76. The van der Waals surface area contributed by atoms with Crippen molar-refractivity contribution in [3.05, 3.63) is 59.7 Å². The second-order valence-electron chi connectivity index (χ2n) is 5.11. The molecule has 112 valence electrons. The van der Waals surface area contributed by atoms with E-state index in [1.807, 2.05) is 32.0 Å². The van der Waals surface area contributed by atoms with Crippen molar-refractivity contribution in [3.8, 4) is 5.75 Å². The van der Waals surface area contributed by atoms with Crippen molar-refractivity contribution in [3.63, 3.8) is 0 Å². The minimum absolute atomic E-state index is 0.0448. The van der Waals surface area contributed by atoms with Crippen molar-refractivity contribution >= 4 is 11.8 Å². The lowest BCUT2D eigenvalue weighted by molar-refractivity contribution is 0.242. The summed E-state index contributed by atoms with van der Waals surface area (Å²) in [6.45, 7) is 4.04. The Hall–Kier alpha value is -1.49. The zero-order valence-corrected chi connectivity index (χ0v) is 13.5. The molecule has 2 rings (SSSR count). The lowest BCUT2D eigenvalue weighted by Crippen LogP contribution is -2.28. The smallest absolute Gasteiger partial charge is 0.120 e. The fourth-order valence-electron chi connectivity index (χ4n) is 2.22. The van der Waals surface area contributed by atoms with Gasteiger partial charge in [0.05, 0.1) is 12.1 Å². The zero-order valence-electron chi connectivity index (χ0n) is 12.7. The minimum atomic E-state index is -0.0448. The molecule has 21 heavy (non-hydrogen) atoms. The van der Waals surface area contributed by atoms with E-state index in [9.17, 15) is 0 Å². The number of ether oxygens (including phenoxy) is 1. The first-order valence-electron chi connectivity index (χ1n) is 7.00. The molecule has 0 aliphatic carbocycles. The fraction of sp³-hybridized carbons (Fsp3) is 0.294. The predicted octanol–water partition coefficient (Wildman–Crippen LogP) is 3.75. The monoisotopic (exact) mass is 302 g/mol. The molecule has 3 N–H and O–H groups in total. The normalized spacial score (nSPS) is 12.4. The van der Waals surface area contributed by atoms with E-state index >= 15 is 0 Å². The van der Waals surface area contributed by atoms with E-state index in [1.165, 1.54) is 4.90 Å². The first kappa shape index (κ1) is 15.9. The van der Waals surface area contributed by atoms with Crippen LogP contribution in [0.15, 0.2) is 53.4 Å². The lowest BCUT2D eigenvalue weighted by Gasteiger charge is -2.19. The molecule has 2 aromatic rings. The highest BCUT2D eigenvalue weighted by Gasteiger charge is 2.13. The van der Waals surface area contributed by atoms with Gasteiger partial charge in [0.15, 0.2) is 0 Å². The molecule has 0 fully saturated rings. The van der Waals surface area contributed by atoms with Gasteiger partial charge in [0.2, 0.25) is 0 Å². The van der Waals surface area contributed by atoms with Gasteiger partial charge in [-0.1, -0.05) is 24.3 Å². The highest BCUT2D eigenvalue weighted by atomic mass is 32.2. The van der Waals surface area contributed by atoms with Crippen LogP contribution < -0.4 is 16.0 Å². The van der Waals surface area contributed by atoms with E-state index in [2.05, 4.69) is 42.0 Å². The summed E-state index contributed by atoms with van der Waals surface area (Å²) in [4.78, 5) is 1.24. The van der Waals surface area contributed by atoms with Crippen molar-refractivity contribution in [2.45, 2.75) is 30.9 Å². The Labute approximate surface area is 130 Å². The summed E-state index contributed by atoms with van der Waals surface area (Å²) in [7, 11) is 0. The SMILES string of the molecule is CSc1ccc(C(NN)c2cccc(OC(C)C)c2)cc1. The van der Waals surface area contributed by atoms with Crippen LogP contribution in [-0.2, 0) is 0 Å². The maximum absolute atomic E-state index is 5.76. The number of nitrogens with one attached hydrogen (secondary N) is 1. The molecule has 0 spiro atoms. The topological polar surface area (TPSA) is 47.3 Å². The van der Waals surface area contributed by atoms with Gasteiger partial charge in [-0.2, -0.15) is 0 Å². The van der Waals surface area contributed by atoms with Gasteiger partial charge >= 0.3 is 0 Å². The lowest BCUT2D eigenvalue weighted by atomic mass is 9.99. The second kappa shape index (κ2) is 7.50. The molecule has 2 aromatic carbocycles. The Balaban J connectivity index is 2.27. The molecular formula is C17H22N2OS. The molecule has 1 atom stereocenters. The third-order valence-corrected chi connectivity index (χ3v) is 3.92. The number of thioether (sulfide) groups is 1. The predicted molar refractivity (Wildman–Crippen MR) is 89.6 cm³/mol. The van der Waals surface area contributed by atoms with Crippen LogP contribution in [0, 0.1) is 0 Å². The number of hydrogen-bond donors (Lipinski definition) is 2. The summed E-state index contributed by atoms with van der Waals surface area (Å²) in [6, 6.07) is 16.4. The Morgan fingerprint density at radius 2 is 1.76 bits per heavy atom. The quantitative estimate of drug-likeness (QED) is 0.485. The number of hydrazine groups is 1. The highest BCUT2D eigenvalue weighted by molar-refractivity contribution is 7.98. The molecular weight excluding hydrogens is 280 g/mol. The molecule has 0 bridgehead atoms. The third kappa shape index (κ3) is 4.24. The summed E-state index contributed by atoms with van der Waals surface area (Å²) in [5.41, 5.74) is 5.12. The van der Waals surface area contributed by atoms with Gasteiger partial charge in [-0.05, 0) is 55.5 Å². The Kier molecular flexibility index (Phi) is 5.67. The molecule has 0 saturated carbocycles. The van der Waals surface area contributed by atoms with E-state index in [4.69, 9.17) is 10.6 Å². The van der Waals surface area contributed by atoms with E-state index in [0.29, 0.717) is 0 Å². The van der Waals surface area contributed by atoms with E-state index < -0.39 is 0 Å². The molecule has 0 aromatic heterocycles. The Morgan fingerprint density at radius 3 is 2.33 bits per heavy atom. The van der Waals surface area contributed by atoms with E-state index in [0.717, 1.165) is 16.9 Å². The van der Waals surface area contributed by atoms with Crippen molar-refractivity contribution in [1.29, 1.82) is 0 Å². The first-order chi connectivity index (χ1) is 10.1. The average Bonchev–Trinajstić information content (AvgIpc) is 2.48. The summed E-state index contributed by atoms with van der Waals surface area (Å²) in [6.07, 6.45) is 2.23. The van der Waals surface area contributed by atoms with Crippen LogP contribution in [-0.4, -0.2) is 12.4 Å². The molecule has 1 unspecified atom stereocenters. The Morgan fingerprint density at radius 1 is 1.05 bits per heavy atom. The van der Waals surface area contributed by atoms with Gasteiger partial charge in [0, 0.05) is 4.90 Å². The van der Waals surface area contributed by atoms with Gasteiger partial charge in [-0.15, -0.1) is 11.8 Å². The summed E-state index contributed by atoms with van der Waals surface area (Å²) < 4.78 is 5.75. The van der Waals surface area contributed by atoms with Gasteiger partial charge in [-0.25, -0.2) is 5.43 Å². The van der Waals surface area contributed by atoms with Gasteiger partial charge in [-0.3, -0.25) is 5.84 Å². The van der Waals surface area contributed by atoms with Gasteiger partial charge in [0.1, 0.15) is 5.75 Å². The standard InChI is InChI=1S/C17H22N2OS/c1-12(2)20-15-6-4-5-14(11-15)17(19-18)13-7-9-16(21-3)10-8-13/h4-12,17,19H,18H2,1-3H3. The van der Waals surface area contributed by atoms with E-state index in [1.54, 1.807) is 11.8 Å². The molecule has 0 saturated heterocycles. The third-order valence-electron chi connectivity index (χ3n) is 3.18. The second-order valence-corrected chi connectivity index (χ2v) is 5.99. The van der Waals surface area contributed by atoms with Crippen LogP contribution in [0.5, 0.6) is 5.75 Å². The average molecular weight is 302 g/mol. The number of benzene rings is 2. The zero-order chi connectivity index (χ0) is 15.2. The van der Waals surface area contributed by atoms with Crippen LogP contribution >= 0.6 is 11.8 Å². The summed E-state index contributed by atoms with van der Waals surface area (Å²) in [5, 5.41) is 0. The fourth-order valence-corrected chi connectivity index (χ4v) is 2.63. The molecule has 0 heterocycles. The molecule has 0 aliphatic rings. The molecule has 0 amide bonds. The molecule has 0 aliphatic heterocycles. The van der Waals surface area contributed by atoms with Crippen molar-refractivity contribution in [1.82, 2.24) is 5.43 Å². The summed E-state index contributed by atoms with van der Waals surface area (Å²) >= 11 is 1.73. The van der Waals surface area contributed by atoms with Gasteiger partial charge in [0.25, 0.3) is 0 Å². The van der Waals surface area contributed by atoms with Crippen molar-refractivity contribution < 1.29 is 4.74 Å². The van der Waals surface area contributed by atoms with Crippen LogP contribution in [0.4, 0.5) is 0 Å². The maximum Gasteiger partial charge on any atom is 0.120 e. The Bertz CT molecular complexity index is 569. The van der Waals surface area contributed by atoms with Crippen LogP contribution in [0.25, 0.3) is 0 Å². The summed E-state index contributed by atoms with van der Waals surface area (Å²) in [5.74, 6) is 6.63. The minimum Gasteiger partial charge on any atom is -0.491 e. The van der Waals surface area contributed by atoms with Crippen LogP contribution in [0.3, 0.4) is 0 Å². The number of rotatable bonds is 6. The number of hydrogen-bond acceptors (Lipinski definition) is 4. The number of nitrogens with two attached hydrogens (primary N) is 1. The molecule has 4 heteroatoms. The highest BCUT2D eigenvalue weighted by Crippen LogP contribution is 2.26. The van der Waals surface area contributed by atoms with Crippen molar-refractivity contribution in [2.75, 3.05) is 6.26 Å². The van der Waals surface area contributed by atoms with Crippen molar-refractivity contribution in [2.24, 2.45) is 5.84 Å². The molecule has 3 nitrogen and oxygen atoms in total. The largest absolute Gasteiger partial charge is 0.491 e. The van der Waals surface area contributed by atoms with Gasteiger partial charge < -0.3 is 4.74 Å². The van der Waals surface area contributed by atoms with Crippen LogP contribution in [0.1, 0.15) is 31.0 Å².